The van der Waals surface area contributed by atoms with Gasteiger partial charge in [-0.2, -0.15) is 5.10 Å². The van der Waals surface area contributed by atoms with Crippen molar-refractivity contribution in [3.63, 3.8) is 0 Å². The van der Waals surface area contributed by atoms with Crippen LogP contribution >= 0.6 is 0 Å². The lowest BCUT2D eigenvalue weighted by atomic mass is 10.1. The van der Waals surface area contributed by atoms with Gasteiger partial charge in [-0.1, -0.05) is 37.3 Å². The lowest BCUT2D eigenvalue weighted by molar-refractivity contribution is -0.121. The fourth-order valence-corrected chi connectivity index (χ4v) is 3.03. The van der Waals surface area contributed by atoms with E-state index in [1.54, 1.807) is 0 Å². The Morgan fingerprint density at radius 3 is 2.68 bits per heavy atom. The van der Waals surface area contributed by atoms with Crippen molar-refractivity contribution in [2.45, 2.75) is 40.0 Å². The molecule has 0 saturated heterocycles. The van der Waals surface area contributed by atoms with E-state index in [1.165, 1.54) is 0 Å². The van der Waals surface area contributed by atoms with Gasteiger partial charge in [0.15, 0.2) is 5.65 Å². The molecule has 1 amide bonds. The summed E-state index contributed by atoms with van der Waals surface area (Å²) in [6, 6.07) is 12.1. The molecular weight excluding hydrogens is 312 g/mol. The van der Waals surface area contributed by atoms with Crippen molar-refractivity contribution in [2.75, 3.05) is 6.54 Å². The molecular formula is C20H24N4O. The molecule has 0 aliphatic heterocycles. The van der Waals surface area contributed by atoms with Gasteiger partial charge in [-0.05, 0) is 32.3 Å². The van der Waals surface area contributed by atoms with E-state index in [1.807, 2.05) is 54.8 Å². The average molecular weight is 336 g/mol. The number of rotatable bonds is 6. The summed E-state index contributed by atoms with van der Waals surface area (Å²) in [5.41, 5.74) is 5.94. The number of fused-ring (bicyclic) bond motifs is 1. The number of benzene rings is 1. The van der Waals surface area contributed by atoms with Crippen LogP contribution < -0.4 is 5.32 Å². The SMILES string of the molecule is CCCNC(=O)CCc1c(C)nc2cc(-c3ccccc3)nn2c1C. The summed E-state index contributed by atoms with van der Waals surface area (Å²) in [5.74, 6) is 0.0891. The molecule has 1 aromatic carbocycles. The van der Waals surface area contributed by atoms with Crippen LogP contribution in [0.5, 0.6) is 0 Å². The van der Waals surface area contributed by atoms with E-state index in [9.17, 15) is 4.79 Å². The van der Waals surface area contributed by atoms with E-state index >= 15 is 0 Å². The lowest BCUT2D eigenvalue weighted by Crippen LogP contribution is -2.24. The molecule has 0 fully saturated rings. The third-order valence-electron chi connectivity index (χ3n) is 4.41. The first kappa shape index (κ1) is 17.1. The van der Waals surface area contributed by atoms with E-state index in [2.05, 4.69) is 12.2 Å². The molecule has 0 aliphatic carbocycles. The van der Waals surface area contributed by atoms with Crippen LogP contribution in [0, 0.1) is 13.8 Å². The molecule has 3 aromatic rings. The van der Waals surface area contributed by atoms with Crippen molar-refractivity contribution >= 4 is 11.6 Å². The van der Waals surface area contributed by atoms with E-state index in [0.717, 1.165) is 46.8 Å². The van der Waals surface area contributed by atoms with Crippen LogP contribution in [-0.4, -0.2) is 27.0 Å². The van der Waals surface area contributed by atoms with E-state index in [4.69, 9.17) is 10.1 Å². The molecule has 130 valence electrons. The maximum atomic E-state index is 11.9. The van der Waals surface area contributed by atoms with Crippen molar-refractivity contribution in [1.29, 1.82) is 0 Å². The molecule has 5 nitrogen and oxygen atoms in total. The van der Waals surface area contributed by atoms with Crippen LogP contribution in [-0.2, 0) is 11.2 Å². The highest BCUT2D eigenvalue weighted by Crippen LogP contribution is 2.22. The molecule has 0 spiro atoms. The maximum absolute atomic E-state index is 11.9. The van der Waals surface area contributed by atoms with Crippen LogP contribution in [0.3, 0.4) is 0 Å². The summed E-state index contributed by atoms with van der Waals surface area (Å²) >= 11 is 0. The van der Waals surface area contributed by atoms with Crippen molar-refractivity contribution in [3.05, 3.63) is 53.3 Å². The Balaban J connectivity index is 1.89. The van der Waals surface area contributed by atoms with Crippen LogP contribution in [0.4, 0.5) is 0 Å². The Bertz CT molecular complexity index is 884. The zero-order valence-electron chi connectivity index (χ0n) is 15.0. The Morgan fingerprint density at radius 2 is 1.96 bits per heavy atom. The molecule has 2 aromatic heterocycles. The fraction of sp³-hybridized carbons (Fsp3) is 0.350. The molecule has 3 rings (SSSR count). The van der Waals surface area contributed by atoms with Crippen molar-refractivity contribution in [1.82, 2.24) is 19.9 Å². The molecule has 0 atom stereocenters. The number of aromatic nitrogens is 3. The zero-order chi connectivity index (χ0) is 17.8. The standard InChI is InChI=1S/C20H24N4O/c1-4-12-21-20(25)11-10-17-14(2)22-19-13-18(23-24(19)15(17)3)16-8-6-5-7-9-16/h5-9,13H,4,10-12H2,1-3H3,(H,21,25). The summed E-state index contributed by atoms with van der Waals surface area (Å²) in [7, 11) is 0. The number of hydrogen-bond acceptors (Lipinski definition) is 3. The molecule has 0 unspecified atom stereocenters. The monoisotopic (exact) mass is 336 g/mol. The summed E-state index contributed by atoms with van der Waals surface area (Å²) < 4.78 is 1.88. The van der Waals surface area contributed by atoms with Crippen molar-refractivity contribution in [3.8, 4) is 11.3 Å². The minimum Gasteiger partial charge on any atom is -0.356 e. The van der Waals surface area contributed by atoms with Gasteiger partial charge in [0.25, 0.3) is 0 Å². The van der Waals surface area contributed by atoms with Gasteiger partial charge in [-0.3, -0.25) is 4.79 Å². The first-order chi connectivity index (χ1) is 12.1. The predicted molar refractivity (Wildman–Crippen MR) is 99.5 cm³/mol. The topological polar surface area (TPSA) is 59.3 Å². The van der Waals surface area contributed by atoms with E-state index < -0.39 is 0 Å². The summed E-state index contributed by atoms with van der Waals surface area (Å²) in [6.45, 7) is 6.83. The summed E-state index contributed by atoms with van der Waals surface area (Å²) in [5, 5.41) is 7.64. The van der Waals surface area contributed by atoms with Gasteiger partial charge in [0.05, 0.1) is 5.69 Å². The van der Waals surface area contributed by atoms with Gasteiger partial charge in [0, 0.05) is 36.0 Å². The van der Waals surface area contributed by atoms with Gasteiger partial charge in [-0.25, -0.2) is 9.50 Å². The first-order valence-corrected chi connectivity index (χ1v) is 8.78. The average Bonchev–Trinajstić information content (AvgIpc) is 3.04. The number of carbonyl (C=O) groups is 1. The number of amides is 1. The minimum absolute atomic E-state index is 0.0891. The van der Waals surface area contributed by atoms with Crippen molar-refractivity contribution < 1.29 is 4.79 Å². The number of nitrogens with one attached hydrogen (secondary N) is 1. The Labute approximate surface area is 148 Å². The Kier molecular flexibility index (Phi) is 5.12. The summed E-state index contributed by atoms with van der Waals surface area (Å²) in [6.07, 6.45) is 2.10. The van der Waals surface area contributed by atoms with Gasteiger partial charge in [0.2, 0.25) is 5.91 Å². The minimum atomic E-state index is 0.0891. The quantitative estimate of drug-likeness (QED) is 0.750. The van der Waals surface area contributed by atoms with Crippen LogP contribution in [0.15, 0.2) is 36.4 Å². The van der Waals surface area contributed by atoms with Gasteiger partial charge in [0.1, 0.15) is 0 Å². The van der Waals surface area contributed by atoms with E-state index in [-0.39, 0.29) is 5.91 Å². The lowest BCUT2D eigenvalue weighted by Gasteiger charge is -2.11. The van der Waals surface area contributed by atoms with Gasteiger partial charge >= 0.3 is 0 Å². The molecule has 0 saturated carbocycles. The largest absolute Gasteiger partial charge is 0.356 e. The highest BCUT2D eigenvalue weighted by molar-refractivity contribution is 5.76. The highest BCUT2D eigenvalue weighted by Gasteiger charge is 2.14. The van der Waals surface area contributed by atoms with E-state index in [0.29, 0.717) is 12.8 Å². The Morgan fingerprint density at radius 1 is 1.20 bits per heavy atom. The molecule has 2 heterocycles. The fourth-order valence-electron chi connectivity index (χ4n) is 3.03. The summed E-state index contributed by atoms with van der Waals surface area (Å²) in [4.78, 5) is 16.6. The maximum Gasteiger partial charge on any atom is 0.220 e. The molecule has 25 heavy (non-hydrogen) atoms. The highest BCUT2D eigenvalue weighted by atomic mass is 16.1. The smallest absolute Gasteiger partial charge is 0.220 e. The van der Waals surface area contributed by atoms with Crippen LogP contribution in [0.25, 0.3) is 16.9 Å². The van der Waals surface area contributed by atoms with Crippen LogP contribution in [0.2, 0.25) is 0 Å². The molecule has 0 radical (unpaired) electrons. The van der Waals surface area contributed by atoms with Gasteiger partial charge in [-0.15, -0.1) is 0 Å². The second-order valence-electron chi connectivity index (χ2n) is 6.28. The normalized spacial score (nSPS) is 11.0. The number of nitrogens with zero attached hydrogens (tertiary/aromatic N) is 3. The number of aryl methyl sites for hydroxylation is 2. The second-order valence-corrected chi connectivity index (χ2v) is 6.28. The molecule has 0 bridgehead atoms. The molecule has 5 heteroatoms. The van der Waals surface area contributed by atoms with Crippen molar-refractivity contribution in [2.24, 2.45) is 0 Å². The van der Waals surface area contributed by atoms with Gasteiger partial charge < -0.3 is 5.32 Å². The zero-order valence-corrected chi connectivity index (χ0v) is 15.0. The Hall–Kier alpha value is -2.69. The number of hydrogen-bond donors (Lipinski definition) is 1. The molecule has 0 aliphatic rings. The predicted octanol–water partition coefficient (Wildman–Crippen LogP) is 3.47. The first-order valence-electron chi connectivity index (χ1n) is 8.78. The molecule has 1 N–H and O–H groups in total. The third-order valence-corrected chi connectivity index (χ3v) is 4.41. The second kappa shape index (κ2) is 7.47. The number of carbonyl (C=O) groups excluding carboxylic acids is 1. The third kappa shape index (κ3) is 3.71. The van der Waals surface area contributed by atoms with Crippen LogP contribution in [0.1, 0.15) is 36.7 Å².